The average molecular weight is 193 g/mol. The smallest absolute Gasteiger partial charge is 0.202 e. The summed E-state index contributed by atoms with van der Waals surface area (Å²) < 4.78 is 22.8. The summed E-state index contributed by atoms with van der Waals surface area (Å²) in [5.74, 6) is 0.400. The predicted octanol–water partition coefficient (Wildman–Crippen LogP) is 2.49. The van der Waals surface area contributed by atoms with E-state index in [4.69, 9.17) is 9.26 Å². The lowest BCUT2D eigenvalue weighted by molar-refractivity contribution is 0.414. The standard InChI is InChI=1S/C10H8FNO2/c1-13-8-4-2-7(3-5-8)10-9(11)6-12-14-10/h2-6H,1H3. The summed E-state index contributed by atoms with van der Waals surface area (Å²) in [7, 11) is 1.57. The Morgan fingerprint density at radius 1 is 1.29 bits per heavy atom. The fourth-order valence-electron chi connectivity index (χ4n) is 1.16. The third-order valence-corrected chi connectivity index (χ3v) is 1.88. The number of methoxy groups -OCH3 is 1. The molecule has 0 aliphatic carbocycles. The molecule has 0 N–H and O–H groups in total. The number of hydrogen-bond acceptors (Lipinski definition) is 3. The van der Waals surface area contributed by atoms with Crippen molar-refractivity contribution < 1.29 is 13.7 Å². The van der Waals surface area contributed by atoms with E-state index in [9.17, 15) is 4.39 Å². The molecule has 0 fully saturated rings. The van der Waals surface area contributed by atoms with E-state index in [2.05, 4.69) is 5.16 Å². The summed E-state index contributed by atoms with van der Waals surface area (Å²) in [6.07, 6.45) is 1.04. The second-order valence-electron chi connectivity index (χ2n) is 2.73. The Morgan fingerprint density at radius 3 is 2.50 bits per heavy atom. The zero-order valence-corrected chi connectivity index (χ0v) is 7.53. The van der Waals surface area contributed by atoms with Crippen LogP contribution in [-0.4, -0.2) is 12.3 Å². The highest BCUT2D eigenvalue weighted by molar-refractivity contribution is 5.58. The molecule has 0 saturated heterocycles. The van der Waals surface area contributed by atoms with E-state index in [-0.39, 0.29) is 5.76 Å². The van der Waals surface area contributed by atoms with Crippen molar-refractivity contribution in [3.63, 3.8) is 0 Å². The first-order valence-electron chi connectivity index (χ1n) is 4.06. The molecule has 0 aliphatic rings. The van der Waals surface area contributed by atoms with Gasteiger partial charge in [-0.25, -0.2) is 4.39 Å². The molecule has 14 heavy (non-hydrogen) atoms. The van der Waals surface area contributed by atoms with Crippen LogP contribution in [0.25, 0.3) is 11.3 Å². The highest BCUT2D eigenvalue weighted by Crippen LogP contribution is 2.24. The Balaban J connectivity index is 2.39. The van der Waals surface area contributed by atoms with Gasteiger partial charge in [0.15, 0.2) is 5.82 Å². The maximum atomic E-state index is 13.0. The Morgan fingerprint density at radius 2 is 2.00 bits per heavy atom. The number of halogens is 1. The lowest BCUT2D eigenvalue weighted by atomic mass is 10.1. The zero-order chi connectivity index (χ0) is 9.97. The first-order chi connectivity index (χ1) is 6.81. The molecule has 2 aromatic rings. The molecular weight excluding hydrogens is 185 g/mol. The van der Waals surface area contributed by atoms with Crippen LogP contribution >= 0.6 is 0 Å². The number of hydrogen-bond donors (Lipinski definition) is 0. The van der Waals surface area contributed by atoms with Gasteiger partial charge in [0.05, 0.1) is 7.11 Å². The number of benzene rings is 1. The SMILES string of the molecule is COc1ccc(-c2oncc2F)cc1. The Kier molecular flexibility index (Phi) is 2.18. The average Bonchev–Trinajstić information content (AvgIpc) is 2.65. The molecule has 72 valence electrons. The molecule has 3 nitrogen and oxygen atoms in total. The Bertz CT molecular complexity index is 422. The normalized spacial score (nSPS) is 10.1. The van der Waals surface area contributed by atoms with Crippen LogP contribution in [-0.2, 0) is 0 Å². The Labute approximate surface area is 80.1 Å². The van der Waals surface area contributed by atoms with E-state index in [0.717, 1.165) is 6.20 Å². The van der Waals surface area contributed by atoms with E-state index in [1.807, 2.05) is 0 Å². The van der Waals surface area contributed by atoms with E-state index in [1.165, 1.54) is 0 Å². The van der Waals surface area contributed by atoms with Crippen molar-refractivity contribution >= 4 is 0 Å². The van der Waals surface area contributed by atoms with Gasteiger partial charge in [0, 0.05) is 5.56 Å². The van der Waals surface area contributed by atoms with E-state index >= 15 is 0 Å². The van der Waals surface area contributed by atoms with E-state index in [1.54, 1.807) is 31.4 Å². The van der Waals surface area contributed by atoms with Gasteiger partial charge in [-0.05, 0) is 24.3 Å². The topological polar surface area (TPSA) is 35.3 Å². The molecule has 4 heteroatoms. The first kappa shape index (κ1) is 8.74. The van der Waals surface area contributed by atoms with Crippen LogP contribution < -0.4 is 4.74 Å². The minimum absolute atomic E-state index is 0.146. The summed E-state index contributed by atoms with van der Waals surface area (Å²) in [5.41, 5.74) is 0.640. The third-order valence-electron chi connectivity index (χ3n) is 1.88. The van der Waals surface area contributed by atoms with Gasteiger partial charge in [-0.2, -0.15) is 0 Å². The first-order valence-corrected chi connectivity index (χ1v) is 4.06. The second-order valence-corrected chi connectivity index (χ2v) is 2.73. The number of ether oxygens (including phenoxy) is 1. The van der Waals surface area contributed by atoms with E-state index < -0.39 is 5.82 Å². The molecule has 0 aliphatic heterocycles. The second kappa shape index (κ2) is 3.49. The van der Waals surface area contributed by atoms with Crippen molar-refractivity contribution in [2.75, 3.05) is 7.11 Å². The molecule has 1 aromatic carbocycles. The molecule has 0 atom stereocenters. The van der Waals surface area contributed by atoms with Gasteiger partial charge in [-0.15, -0.1) is 0 Å². The molecule has 0 amide bonds. The summed E-state index contributed by atoms with van der Waals surface area (Å²) in [6.45, 7) is 0. The molecule has 0 spiro atoms. The molecule has 1 heterocycles. The lowest BCUT2D eigenvalue weighted by Crippen LogP contribution is -1.82. The molecule has 0 bridgehead atoms. The highest BCUT2D eigenvalue weighted by atomic mass is 19.1. The summed E-state index contributed by atoms with van der Waals surface area (Å²) >= 11 is 0. The monoisotopic (exact) mass is 193 g/mol. The number of aromatic nitrogens is 1. The van der Waals surface area contributed by atoms with Crippen LogP contribution in [0.1, 0.15) is 0 Å². The van der Waals surface area contributed by atoms with Crippen molar-refractivity contribution in [2.24, 2.45) is 0 Å². The fraction of sp³-hybridized carbons (Fsp3) is 0.100. The summed E-state index contributed by atoms with van der Waals surface area (Å²) in [4.78, 5) is 0. The van der Waals surface area contributed by atoms with Crippen LogP contribution in [0.4, 0.5) is 4.39 Å². The third kappa shape index (κ3) is 1.46. The summed E-state index contributed by atoms with van der Waals surface area (Å²) in [6, 6.07) is 6.89. The van der Waals surface area contributed by atoms with Gasteiger partial charge in [0.25, 0.3) is 0 Å². The maximum Gasteiger partial charge on any atom is 0.202 e. The largest absolute Gasteiger partial charge is 0.497 e. The van der Waals surface area contributed by atoms with Crippen molar-refractivity contribution in [2.45, 2.75) is 0 Å². The van der Waals surface area contributed by atoms with Gasteiger partial charge in [-0.1, -0.05) is 5.16 Å². The van der Waals surface area contributed by atoms with Crippen LogP contribution in [0.3, 0.4) is 0 Å². The van der Waals surface area contributed by atoms with Crippen molar-refractivity contribution in [3.05, 3.63) is 36.3 Å². The molecular formula is C10H8FNO2. The van der Waals surface area contributed by atoms with Crippen LogP contribution in [0, 0.1) is 5.82 Å². The van der Waals surface area contributed by atoms with Gasteiger partial charge >= 0.3 is 0 Å². The number of rotatable bonds is 2. The minimum Gasteiger partial charge on any atom is -0.497 e. The van der Waals surface area contributed by atoms with Gasteiger partial charge in [0.1, 0.15) is 11.9 Å². The van der Waals surface area contributed by atoms with Crippen LogP contribution in [0.5, 0.6) is 5.75 Å². The Hall–Kier alpha value is -1.84. The lowest BCUT2D eigenvalue weighted by Gasteiger charge is -1.99. The molecule has 1 aromatic heterocycles. The van der Waals surface area contributed by atoms with Crippen molar-refractivity contribution in [1.29, 1.82) is 0 Å². The molecule has 0 radical (unpaired) electrons. The zero-order valence-electron chi connectivity index (χ0n) is 7.53. The van der Waals surface area contributed by atoms with Crippen LogP contribution in [0.15, 0.2) is 35.0 Å². The maximum absolute atomic E-state index is 13.0. The van der Waals surface area contributed by atoms with Gasteiger partial charge in [-0.3, -0.25) is 0 Å². The highest BCUT2D eigenvalue weighted by Gasteiger charge is 2.09. The molecule has 2 rings (SSSR count). The summed E-state index contributed by atoms with van der Waals surface area (Å²) in [5, 5.41) is 3.36. The molecule has 0 saturated carbocycles. The van der Waals surface area contributed by atoms with Crippen molar-refractivity contribution in [1.82, 2.24) is 5.16 Å². The fourth-order valence-corrected chi connectivity index (χ4v) is 1.16. The van der Waals surface area contributed by atoms with Crippen LogP contribution in [0.2, 0.25) is 0 Å². The van der Waals surface area contributed by atoms with Gasteiger partial charge in [0.2, 0.25) is 5.76 Å². The van der Waals surface area contributed by atoms with Crippen molar-refractivity contribution in [3.8, 4) is 17.1 Å². The molecule has 0 unspecified atom stereocenters. The predicted molar refractivity (Wildman–Crippen MR) is 48.4 cm³/mol. The van der Waals surface area contributed by atoms with E-state index in [0.29, 0.717) is 11.3 Å². The quantitative estimate of drug-likeness (QED) is 0.734. The minimum atomic E-state index is -0.463. The number of nitrogens with zero attached hydrogens (tertiary/aromatic N) is 1. The van der Waals surface area contributed by atoms with Gasteiger partial charge < -0.3 is 9.26 Å².